The molecule has 18 heavy (non-hydrogen) atoms. The Balaban J connectivity index is 2.26. The van der Waals surface area contributed by atoms with Crippen molar-refractivity contribution in [2.75, 3.05) is 0 Å². The van der Waals surface area contributed by atoms with Gasteiger partial charge in [-0.3, -0.25) is 4.79 Å². The number of aromatic nitrogens is 2. The number of aryl methyl sites for hydroxylation is 1. The highest BCUT2D eigenvalue weighted by atomic mass is 79.9. The Bertz CT molecular complexity index is 583. The Morgan fingerprint density at radius 3 is 2.94 bits per heavy atom. The quantitative estimate of drug-likeness (QED) is 0.902. The van der Waals surface area contributed by atoms with Crippen molar-refractivity contribution in [2.24, 2.45) is 0 Å². The third-order valence-corrected chi connectivity index (χ3v) is 3.15. The molecule has 1 heterocycles. The van der Waals surface area contributed by atoms with E-state index in [9.17, 15) is 4.79 Å². The molecule has 0 saturated carbocycles. The van der Waals surface area contributed by atoms with Crippen molar-refractivity contribution in [1.29, 1.82) is 0 Å². The monoisotopic (exact) mass is 328 g/mol. The minimum atomic E-state index is -0.855. The molecule has 1 aromatic heterocycles. The second kappa shape index (κ2) is 5.54. The van der Waals surface area contributed by atoms with E-state index in [-0.39, 0.29) is 6.42 Å². The molecule has 0 aliphatic carbocycles. The van der Waals surface area contributed by atoms with Gasteiger partial charge in [0.25, 0.3) is 0 Å². The predicted molar refractivity (Wildman–Crippen MR) is 72.7 cm³/mol. The van der Waals surface area contributed by atoms with Gasteiger partial charge in [0.2, 0.25) is 0 Å². The second-order valence-corrected chi connectivity index (χ2v) is 5.04. The molecule has 0 radical (unpaired) electrons. The number of aromatic amines is 1. The van der Waals surface area contributed by atoms with Gasteiger partial charge >= 0.3 is 5.97 Å². The Kier molecular flexibility index (Phi) is 4.04. The molecule has 0 atom stereocenters. The van der Waals surface area contributed by atoms with Crippen molar-refractivity contribution in [3.63, 3.8) is 0 Å². The minimum absolute atomic E-state index is 0.0295. The SMILES string of the molecule is O=C(O)CCc1nc(-c2cccc(Br)c2)c(Cl)[nH]1. The van der Waals surface area contributed by atoms with E-state index < -0.39 is 5.97 Å². The van der Waals surface area contributed by atoms with Crippen LogP contribution < -0.4 is 0 Å². The molecule has 0 bridgehead atoms. The van der Waals surface area contributed by atoms with Crippen LogP contribution in [0.25, 0.3) is 11.3 Å². The first-order valence-electron chi connectivity index (χ1n) is 5.28. The molecule has 4 nitrogen and oxygen atoms in total. The molecule has 2 N–H and O–H groups in total. The number of nitrogens with one attached hydrogen (secondary N) is 1. The molecule has 0 unspecified atom stereocenters. The summed E-state index contributed by atoms with van der Waals surface area (Å²) in [5, 5.41) is 9.05. The van der Waals surface area contributed by atoms with Crippen LogP contribution in [-0.2, 0) is 11.2 Å². The number of carboxylic acids is 1. The molecule has 2 rings (SSSR count). The van der Waals surface area contributed by atoms with Gasteiger partial charge in [-0.1, -0.05) is 39.7 Å². The van der Waals surface area contributed by atoms with Crippen LogP contribution in [0.5, 0.6) is 0 Å². The summed E-state index contributed by atoms with van der Waals surface area (Å²) >= 11 is 9.45. The summed E-state index contributed by atoms with van der Waals surface area (Å²) in [5.74, 6) is -0.274. The van der Waals surface area contributed by atoms with Gasteiger partial charge in [0.15, 0.2) is 0 Å². The molecule has 0 fully saturated rings. The summed E-state index contributed by atoms with van der Waals surface area (Å²) < 4.78 is 0.936. The summed E-state index contributed by atoms with van der Waals surface area (Å²) in [6, 6.07) is 7.60. The topological polar surface area (TPSA) is 66.0 Å². The van der Waals surface area contributed by atoms with Crippen molar-refractivity contribution in [2.45, 2.75) is 12.8 Å². The summed E-state index contributed by atoms with van der Waals surface area (Å²) in [6.07, 6.45) is 0.366. The molecule has 0 aliphatic rings. The van der Waals surface area contributed by atoms with E-state index >= 15 is 0 Å². The fourth-order valence-electron chi connectivity index (χ4n) is 1.57. The van der Waals surface area contributed by atoms with Crippen LogP contribution in [0.1, 0.15) is 12.2 Å². The molecular formula is C12H10BrClN2O2. The molecule has 0 saturated heterocycles. The minimum Gasteiger partial charge on any atom is -0.481 e. The van der Waals surface area contributed by atoms with E-state index in [1.54, 1.807) is 0 Å². The number of rotatable bonds is 4. The number of benzene rings is 1. The van der Waals surface area contributed by atoms with Gasteiger partial charge in [-0.05, 0) is 12.1 Å². The number of hydrogen-bond donors (Lipinski definition) is 2. The first kappa shape index (κ1) is 13.1. The number of carboxylic acid groups (broad SMARTS) is 1. The van der Waals surface area contributed by atoms with Crippen molar-refractivity contribution in [1.82, 2.24) is 9.97 Å². The summed E-state index contributed by atoms with van der Waals surface area (Å²) in [5.41, 5.74) is 1.52. The smallest absolute Gasteiger partial charge is 0.303 e. The van der Waals surface area contributed by atoms with Crippen LogP contribution in [0.15, 0.2) is 28.7 Å². The van der Waals surface area contributed by atoms with E-state index in [0.717, 1.165) is 10.0 Å². The van der Waals surface area contributed by atoms with Crippen molar-refractivity contribution < 1.29 is 9.90 Å². The van der Waals surface area contributed by atoms with E-state index in [0.29, 0.717) is 23.1 Å². The van der Waals surface area contributed by atoms with E-state index in [4.69, 9.17) is 16.7 Å². The number of imidazole rings is 1. The molecule has 2 aromatic rings. The van der Waals surface area contributed by atoms with Gasteiger partial charge in [-0.15, -0.1) is 0 Å². The first-order valence-corrected chi connectivity index (χ1v) is 6.45. The highest BCUT2D eigenvalue weighted by Gasteiger charge is 2.11. The first-order chi connectivity index (χ1) is 8.56. The van der Waals surface area contributed by atoms with Crippen LogP contribution in [0, 0.1) is 0 Å². The van der Waals surface area contributed by atoms with Gasteiger partial charge in [0.1, 0.15) is 16.7 Å². The van der Waals surface area contributed by atoms with Gasteiger partial charge in [-0.2, -0.15) is 0 Å². The predicted octanol–water partition coefficient (Wildman–Crippen LogP) is 3.51. The van der Waals surface area contributed by atoms with Gasteiger partial charge < -0.3 is 10.1 Å². The van der Waals surface area contributed by atoms with Crippen LogP contribution in [0.2, 0.25) is 5.15 Å². The number of nitrogens with zero attached hydrogens (tertiary/aromatic N) is 1. The van der Waals surface area contributed by atoms with Crippen LogP contribution in [0.4, 0.5) is 0 Å². The van der Waals surface area contributed by atoms with E-state index in [1.807, 2.05) is 24.3 Å². The van der Waals surface area contributed by atoms with Crippen LogP contribution in [0.3, 0.4) is 0 Å². The third kappa shape index (κ3) is 3.11. The normalized spacial score (nSPS) is 10.6. The Morgan fingerprint density at radius 1 is 1.50 bits per heavy atom. The fourth-order valence-corrected chi connectivity index (χ4v) is 2.23. The Morgan fingerprint density at radius 2 is 2.28 bits per heavy atom. The third-order valence-electron chi connectivity index (χ3n) is 2.38. The van der Waals surface area contributed by atoms with Gasteiger partial charge in [-0.25, -0.2) is 4.98 Å². The zero-order valence-corrected chi connectivity index (χ0v) is 11.6. The molecular weight excluding hydrogens is 320 g/mol. The average molecular weight is 330 g/mol. The Labute approximate surface area is 117 Å². The van der Waals surface area contributed by atoms with Crippen molar-refractivity contribution >= 4 is 33.5 Å². The molecule has 0 aliphatic heterocycles. The largest absolute Gasteiger partial charge is 0.481 e. The number of halogens is 2. The standard InChI is InChI=1S/C12H10BrClN2O2/c13-8-3-1-2-7(6-8)11-12(14)16-9(15-11)4-5-10(17)18/h1-3,6H,4-5H2,(H,15,16)(H,17,18). The lowest BCUT2D eigenvalue weighted by Gasteiger charge is -1.97. The molecule has 0 spiro atoms. The van der Waals surface area contributed by atoms with E-state index in [1.165, 1.54) is 0 Å². The lowest BCUT2D eigenvalue weighted by atomic mass is 10.2. The maximum Gasteiger partial charge on any atom is 0.303 e. The van der Waals surface area contributed by atoms with Crippen LogP contribution >= 0.6 is 27.5 Å². The van der Waals surface area contributed by atoms with Gasteiger partial charge in [0, 0.05) is 16.5 Å². The number of carbonyl (C=O) groups is 1. The average Bonchev–Trinajstić information content (AvgIpc) is 2.68. The second-order valence-electron chi connectivity index (χ2n) is 3.75. The highest BCUT2D eigenvalue weighted by Crippen LogP contribution is 2.27. The van der Waals surface area contributed by atoms with E-state index in [2.05, 4.69) is 25.9 Å². The van der Waals surface area contributed by atoms with Gasteiger partial charge in [0.05, 0.1) is 6.42 Å². The summed E-state index contributed by atoms with van der Waals surface area (Å²) in [7, 11) is 0. The molecule has 94 valence electrons. The number of aliphatic carboxylic acids is 1. The Hall–Kier alpha value is -1.33. The van der Waals surface area contributed by atoms with Crippen molar-refractivity contribution in [3.05, 3.63) is 39.7 Å². The molecule has 0 amide bonds. The lowest BCUT2D eigenvalue weighted by Crippen LogP contribution is -1.98. The summed E-state index contributed by atoms with van der Waals surface area (Å²) in [4.78, 5) is 17.7. The number of H-pyrrole nitrogens is 1. The molecule has 6 heteroatoms. The van der Waals surface area contributed by atoms with Crippen molar-refractivity contribution in [3.8, 4) is 11.3 Å². The highest BCUT2D eigenvalue weighted by molar-refractivity contribution is 9.10. The lowest BCUT2D eigenvalue weighted by molar-refractivity contribution is -0.137. The molecule has 1 aromatic carbocycles. The maximum atomic E-state index is 10.5. The number of hydrogen-bond acceptors (Lipinski definition) is 2. The van der Waals surface area contributed by atoms with Crippen LogP contribution in [-0.4, -0.2) is 21.0 Å². The maximum absolute atomic E-state index is 10.5. The zero-order valence-electron chi connectivity index (χ0n) is 9.28. The summed E-state index contributed by atoms with van der Waals surface area (Å²) in [6.45, 7) is 0. The zero-order chi connectivity index (χ0) is 13.1. The fraction of sp³-hybridized carbons (Fsp3) is 0.167.